The average Bonchev–Trinajstić information content (AvgIpc) is 2.67. The van der Waals surface area contributed by atoms with Crippen LogP contribution in [0.3, 0.4) is 0 Å². The zero-order valence-corrected chi connectivity index (χ0v) is 13.1. The van der Waals surface area contributed by atoms with Crippen molar-refractivity contribution < 1.29 is 4.74 Å². The normalized spacial score (nSPS) is 10.8. The molecule has 1 N–H and O–H groups in total. The van der Waals surface area contributed by atoms with Crippen molar-refractivity contribution in [2.45, 2.75) is 26.9 Å². The SMILES string of the molecule is CNCc1c(C)nn(Cc2cc(Cl)ccc2OC)c1C. The molecule has 2 aromatic rings. The van der Waals surface area contributed by atoms with Gasteiger partial charge in [0, 0.05) is 28.4 Å². The summed E-state index contributed by atoms with van der Waals surface area (Å²) in [5, 5.41) is 8.49. The summed E-state index contributed by atoms with van der Waals surface area (Å²) in [6, 6.07) is 5.64. The number of aromatic nitrogens is 2. The van der Waals surface area contributed by atoms with Gasteiger partial charge in [0.15, 0.2) is 0 Å². The lowest BCUT2D eigenvalue weighted by molar-refractivity contribution is 0.407. The Balaban J connectivity index is 2.35. The maximum absolute atomic E-state index is 6.07. The third-order valence-electron chi connectivity index (χ3n) is 3.45. The van der Waals surface area contributed by atoms with Crippen molar-refractivity contribution in [2.24, 2.45) is 0 Å². The van der Waals surface area contributed by atoms with Gasteiger partial charge in [0.25, 0.3) is 0 Å². The lowest BCUT2D eigenvalue weighted by Gasteiger charge is -2.10. The molecule has 0 saturated heterocycles. The summed E-state index contributed by atoms with van der Waals surface area (Å²) < 4.78 is 7.38. The minimum atomic E-state index is 0.653. The molecular formula is C15H20ClN3O. The molecule has 0 bridgehead atoms. The van der Waals surface area contributed by atoms with Crippen LogP contribution in [0.2, 0.25) is 5.02 Å². The molecule has 1 heterocycles. The van der Waals surface area contributed by atoms with E-state index in [2.05, 4.69) is 17.3 Å². The van der Waals surface area contributed by atoms with E-state index in [4.69, 9.17) is 16.3 Å². The first-order valence-corrected chi connectivity index (χ1v) is 6.94. The molecule has 0 radical (unpaired) electrons. The number of benzene rings is 1. The number of hydrogen-bond acceptors (Lipinski definition) is 3. The van der Waals surface area contributed by atoms with E-state index >= 15 is 0 Å². The molecule has 1 aromatic heterocycles. The number of nitrogens with one attached hydrogen (secondary N) is 1. The van der Waals surface area contributed by atoms with Gasteiger partial charge in [0.1, 0.15) is 5.75 Å². The summed E-state index contributed by atoms with van der Waals surface area (Å²) >= 11 is 6.07. The van der Waals surface area contributed by atoms with Gasteiger partial charge in [-0.1, -0.05) is 11.6 Å². The second-order valence-electron chi connectivity index (χ2n) is 4.79. The monoisotopic (exact) mass is 293 g/mol. The van der Waals surface area contributed by atoms with E-state index in [1.807, 2.05) is 36.9 Å². The highest BCUT2D eigenvalue weighted by atomic mass is 35.5. The molecule has 1 aromatic carbocycles. The molecule has 108 valence electrons. The minimum absolute atomic E-state index is 0.653. The van der Waals surface area contributed by atoms with Crippen LogP contribution >= 0.6 is 11.6 Å². The van der Waals surface area contributed by atoms with Gasteiger partial charge in [-0.25, -0.2) is 0 Å². The third-order valence-corrected chi connectivity index (χ3v) is 3.68. The second kappa shape index (κ2) is 6.29. The van der Waals surface area contributed by atoms with Crippen molar-refractivity contribution in [2.75, 3.05) is 14.2 Å². The van der Waals surface area contributed by atoms with Crippen molar-refractivity contribution in [3.63, 3.8) is 0 Å². The molecule has 5 heteroatoms. The maximum Gasteiger partial charge on any atom is 0.124 e. The number of ether oxygens (including phenoxy) is 1. The van der Waals surface area contributed by atoms with Crippen LogP contribution in [0.4, 0.5) is 0 Å². The molecule has 0 unspecified atom stereocenters. The summed E-state index contributed by atoms with van der Waals surface area (Å²) in [5.74, 6) is 0.831. The van der Waals surface area contributed by atoms with Crippen LogP contribution < -0.4 is 10.1 Å². The second-order valence-corrected chi connectivity index (χ2v) is 5.23. The third kappa shape index (κ3) is 2.97. The Kier molecular flexibility index (Phi) is 4.68. The van der Waals surface area contributed by atoms with Gasteiger partial charge in [-0.3, -0.25) is 4.68 Å². The smallest absolute Gasteiger partial charge is 0.124 e. The first-order valence-electron chi connectivity index (χ1n) is 6.56. The lowest BCUT2D eigenvalue weighted by atomic mass is 10.2. The van der Waals surface area contributed by atoms with Crippen LogP contribution in [0.25, 0.3) is 0 Å². The average molecular weight is 294 g/mol. The van der Waals surface area contributed by atoms with E-state index < -0.39 is 0 Å². The standard InChI is InChI=1S/C15H20ClN3O/c1-10-14(8-17-3)11(2)19(18-10)9-12-7-13(16)5-6-15(12)20-4/h5-7,17H,8-9H2,1-4H3. The fraction of sp³-hybridized carbons (Fsp3) is 0.400. The Morgan fingerprint density at radius 1 is 1.35 bits per heavy atom. The van der Waals surface area contributed by atoms with Gasteiger partial charge in [-0.2, -0.15) is 5.10 Å². The van der Waals surface area contributed by atoms with Crippen molar-refractivity contribution in [3.8, 4) is 5.75 Å². The Labute approximate surface area is 124 Å². The fourth-order valence-electron chi connectivity index (χ4n) is 2.35. The number of aryl methyl sites for hydroxylation is 1. The van der Waals surface area contributed by atoms with E-state index in [1.54, 1.807) is 7.11 Å². The zero-order chi connectivity index (χ0) is 14.7. The summed E-state index contributed by atoms with van der Waals surface area (Å²) in [4.78, 5) is 0. The summed E-state index contributed by atoms with van der Waals surface area (Å²) in [6.45, 7) is 5.60. The van der Waals surface area contributed by atoms with Crippen LogP contribution in [-0.2, 0) is 13.1 Å². The fourth-order valence-corrected chi connectivity index (χ4v) is 2.55. The molecule has 0 fully saturated rings. The van der Waals surface area contributed by atoms with Crippen LogP contribution in [0.1, 0.15) is 22.5 Å². The van der Waals surface area contributed by atoms with E-state index in [0.717, 1.165) is 23.6 Å². The van der Waals surface area contributed by atoms with Gasteiger partial charge in [-0.05, 0) is 39.1 Å². The van der Waals surface area contributed by atoms with E-state index in [-0.39, 0.29) is 0 Å². The Bertz CT molecular complexity index is 607. The van der Waals surface area contributed by atoms with Crippen molar-refractivity contribution in [1.29, 1.82) is 0 Å². The van der Waals surface area contributed by atoms with Crippen LogP contribution in [0, 0.1) is 13.8 Å². The molecular weight excluding hydrogens is 274 g/mol. The van der Waals surface area contributed by atoms with E-state index in [9.17, 15) is 0 Å². The predicted octanol–water partition coefficient (Wildman–Crippen LogP) is 2.93. The molecule has 0 amide bonds. The summed E-state index contributed by atoms with van der Waals surface area (Å²) in [5.41, 5.74) is 4.49. The van der Waals surface area contributed by atoms with Crippen molar-refractivity contribution in [3.05, 3.63) is 45.7 Å². The van der Waals surface area contributed by atoms with Crippen LogP contribution in [0.15, 0.2) is 18.2 Å². The molecule has 0 saturated carbocycles. The van der Waals surface area contributed by atoms with Gasteiger partial charge in [-0.15, -0.1) is 0 Å². The molecule has 0 aliphatic carbocycles. The molecule has 4 nitrogen and oxygen atoms in total. The van der Waals surface area contributed by atoms with E-state index in [1.165, 1.54) is 11.3 Å². The maximum atomic E-state index is 6.07. The number of hydrogen-bond donors (Lipinski definition) is 1. The Hall–Kier alpha value is -1.52. The zero-order valence-electron chi connectivity index (χ0n) is 12.3. The van der Waals surface area contributed by atoms with Gasteiger partial charge in [0.2, 0.25) is 0 Å². The first kappa shape index (κ1) is 14.9. The topological polar surface area (TPSA) is 39.1 Å². The molecule has 2 rings (SSSR count). The lowest BCUT2D eigenvalue weighted by Crippen LogP contribution is -2.09. The highest BCUT2D eigenvalue weighted by molar-refractivity contribution is 6.30. The minimum Gasteiger partial charge on any atom is -0.496 e. The van der Waals surface area contributed by atoms with Crippen LogP contribution in [-0.4, -0.2) is 23.9 Å². The number of rotatable bonds is 5. The molecule has 0 atom stereocenters. The predicted molar refractivity (Wildman–Crippen MR) is 81.6 cm³/mol. The highest BCUT2D eigenvalue weighted by Gasteiger charge is 2.13. The van der Waals surface area contributed by atoms with Gasteiger partial charge >= 0.3 is 0 Å². The largest absolute Gasteiger partial charge is 0.496 e. The quantitative estimate of drug-likeness (QED) is 0.921. The number of halogens is 1. The van der Waals surface area contributed by atoms with Crippen LogP contribution in [0.5, 0.6) is 5.75 Å². The molecule has 0 aliphatic rings. The number of nitrogens with zero attached hydrogens (tertiary/aromatic N) is 2. The van der Waals surface area contributed by atoms with Crippen molar-refractivity contribution >= 4 is 11.6 Å². The Morgan fingerprint density at radius 2 is 2.10 bits per heavy atom. The highest BCUT2D eigenvalue weighted by Crippen LogP contribution is 2.24. The number of methoxy groups -OCH3 is 1. The van der Waals surface area contributed by atoms with Gasteiger partial charge in [0.05, 0.1) is 19.3 Å². The van der Waals surface area contributed by atoms with E-state index in [0.29, 0.717) is 11.6 Å². The molecule has 0 aliphatic heterocycles. The summed E-state index contributed by atoms with van der Waals surface area (Å²) in [6.07, 6.45) is 0. The molecule has 0 spiro atoms. The first-order chi connectivity index (χ1) is 9.56. The van der Waals surface area contributed by atoms with Crippen molar-refractivity contribution in [1.82, 2.24) is 15.1 Å². The summed E-state index contributed by atoms with van der Waals surface area (Å²) in [7, 11) is 3.61. The Morgan fingerprint density at radius 3 is 2.75 bits per heavy atom. The van der Waals surface area contributed by atoms with Gasteiger partial charge < -0.3 is 10.1 Å². The molecule has 20 heavy (non-hydrogen) atoms.